The van der Waals surface area contributed by atoms with E-state index in [0.29, 0.717) is 21.5 Å². The first-order valence-corrected chi connectivity index (χ1v) is 15.8. The number of rotatable bonds is 4. The largest absolute Gasteiger partial charge is 0.496 e. The Labute approximate surface area is 298 Å². The van der Waals surface area contributed by atoms with Crippen LogP contribution in [0.2, 0.25) is 20.1 Å². The first kappa shape index (κ1) is 42.8. The number of hydrogen-bond acceptors (Lipinski definition) is 7. The summed E-state index contributed by atoms with van der Waals surface area (Å²) in [5.74, 6) is 1.29. The van der Waals surface area contributed by atoms with E-state index in [9.17, 15) is 26.3 Å². The lowest BCUT2D eigenvalue weighted by molar-refractivity contribution is -0.139. The molecular formula is C31H32Cl4F6N4O2S. The average Bonchev–Trinajstić information content (AvgIpc) is 2.97. The molecule has 264 valence electrons. The predicted molar refractivity (Wildman–Crippen MR) is 188 cm³/mol. The minimum atomic E-state index is -4.43. The van der Waals surface area contributed by atoms with Gasteiger partial charge in [-0.2, -0.15) is 26.3 Å². The number of benzene rings is 4. The summed E-state index contributed by atoms with van der Waals surface area (Å²) < 4.78 is 82.5. The molecule has 4 aromatic carbocycles. The van der Waals surface area contributed by atoms with E-state index in [1.54, 1.807) is 23.9 Å². The van der Waals surface area contributed by atoms with E-state index in [0.717, 1.165) is 51.2 Å². The van der Waals surface area contributed by atoms with E-state index in [1.165, 1.54) is 26.4 Å². The van der Waals surface area contributed by atoms with Crippen molar-refractivity contribution in [3.63, 3.8) is 0 Å². The molecular weight excluding hydrogens is 748 g/mol. The average molecular weight is 780 g/mol. The Morgan fingerprint density at radius 3 is 1.60 bits per heavy atom. The van der Waals surface area contributed by atoms with Crippen molar-refractivity contribution in [2.24, 2.45) is 0 Å². The predicted octanol–water partition coefficient (Wildman–Crippen LogP) is 11.2. The van der Waals surface area contributed by atoms with Crippen molar-refractivity contribution in [3.8, 4) is 11.5 Å². The van der Waals surface area contributed by atoms with Crippen molar-refractivity contribution in [2.45, 2.75) is 31.1 Å². The van der Waals surface area contributed by atoms with Crippen molar-refractivity contribution in [1.29, 1.82) is 0 Å². The molecule has 48 heavy (non-hydrogen) atoms. The zero-order valence-corrected chi connectivity index (χ0v) is 29.6. The SMILES string of the molecule is CCSc1ccc(N)cc1Cl.COc1c(Cl)cc(N)c(C)c1Cl.COc1ccc(N)cc1C(F)(F)F.Nc1ccc(C(F)(F)F)c(Cl)c1. The van der Waals surface area contributed by atoms with Crippen LogP contribution in [0.1, 0.15) is 23.6 Å². The van der Waals surface area contributed by atoms with Crippen molar-refractivity contribution in [2.75, 3.05) is 42.9 Å². The lowest BCUT2D eigenvalue weighted by Gasteiger charge is -2.11. The standard InChI is InChI=1S/C8H9Cl2NO.C8H10ClNS.C8H8F3NO.C7H5ClF3N/c1-4-6(11)3-5(9)8(12-2)7(4)10;1-2-11-8-4-3-6(10)5-7(8)9;1-13-7-3-2-5(12)4-6(7)8(9,10)11;8-6-3-4(12)1-2-5(6)7(9,10)11/h3H,11H2,1-2H3;3-5H,2,10H2,1H3;2-4H,12H2,1H3;1-3H,12H2. The van der Waals surface area contributed by atoms with Crippen LogP contribution in [0.15, 0.2) is 65.6 Å². The lowest BCUT2D eigenvalue weighted by atomic mass is 10.1. The molecule has 4 aromatic rings. The molecule has 0 aliphatic heterocycles. The van der Waals surface area contributed by atoms with Gasteiger partial charge in [-0.25, -0.2) is 0 Å². The molecule has 8 N–H and O–H groups in total. The van der Waals surface area contributed by atoms with Gasteiger partial charge in [-0.3, -0.25) is 0 Å². The molecule has 0 saturated heterocycles. The fourth-order valence-corrected chi connectivity index (χ4v) is 5.34. The molecule has 17 heteroatoms. The summed E-state index contributed by atoms with van der Waals surface area (Å²) in [6.07, 6.45) is -8.84. The van der Waals surface area contributed by atoms with Gasteiger partial charge in [-0.15, -0.1) is 11.8 Å². The van der Waals surface area contributed by atoms with Gasteiger partial charge in [0.1, 0.15) is 5.75 Å². The summed E-state index contributed by atoms with van der Waals surface area (Å²) in [6.45, 7) is 3.91. The van der Waals surface area contributed by atoms with Crippen LogP contribution in [-0.4, -0.2) is 20.0 Å². The molecule has 0 saturated carbocycles. The van der Waals surface area contributed by atoms with Crippen molar-refractivity contribution in [1.82, 2.24) is 0 Å². The highest BCUT2D eigenvalue weighted by Crippen LogP contribution is 2.39. The summed E-state index contributed by atoms with van der Waals surface area (Å²) in [4.78, 5) is 1.10. The Morgan fingerprint density at radius 1 is 0.646 bits per heavy atom. The van der Waals surface area contributed by atoms with Crippen LogP contribution in [0.25, 0.3) is 0 Å². The van der Waals surface area contributed by atoms with Crippen molar-refractivity contribution < 1.29 is 35.8 Å². The van der Waals surface area contributed by atoms with Gasteiger partial charge in [0.2, 0.25) is 0 Å². The normalized spacial score (nSPS) is 10.8. The highest BCUT2D eigenvalue weighted by Gasteiger charge is 2.34. The van der Waals surface area contributed by atoms with E-state index in [-0.39, 0.29) is 22.1 Å². The summed E-state index contributed by atoms with van der Waals surface area (Å²) in [6, 6.07) is 13.7. The van der Waals surface area contributed by atoms with E-state index in [4.69, 9.17) is 74.1 Å². The lowest BCUT2D eigenvalue weighted by Crippen LogP contribution is -2.08. The van der Waals surface area contributed by atoms with Gasteiger partial charge < -0.3 is 32.4 Å². The number of nitrogen functional groups attached to an aromatic ring is 4. The van der Waals surface area contributed by atoms with Crippen molar-refractivity contribution in [3.05, 3.63) is 97.4 Å². The second-order valence-corrected chi connectivity index (χ2v) is 12.1. The zero-order chi connectivity index (χ0) is 37.0. The van der Waals surface area contributed by atoms with E-state index >= 15 is 0 Å². The smallest absolute Gasteiger partial charge is 0.420 e. The van der Waals surface area contributed by atoms with E-state index < -0.39 is 23.5 Å². The third-order valence-corrected chi connectivity index (χ3v) is 8.18. The Hall–Kier alpha value is -3.23. The molecule has 0 spiro atoms. The minimum Gasteiger partial charge on any atom is -0.496 e. The molecule has 0 aromatic heterocycles. The van der Waals surface area contributed by atoms with Crippen LogP contribution in [0.5, 0.6) is 11.5 Å². The molecule has 0 aliphatic rings. The van der Waals surface area contributed by atoms with Crippen LogP contribution in [-0.2, 0) is 12.4 Å². The molecule has 0 amide bonds. The first-order valence-electron chi connectivity index (χ1n) is 13.3. The number of anilines is 4. The van der Waals surface area contributed by atoms with Crippen LogP contribution in [0, 0.1) is 6.92 Å². The van der Waals surface area contributed by atoms with Crippen molar-refractivity contribution >= 4 is 80.9 Å². The molecule has 0 unspecified atom stereocenters. The fourth-order valence-electron chi connectivity index (χ4n) is 3.40. The second-order valence-electron chi connectivity index (χ2n) is 9.24. The van der Waals surface area contributed by atoms with Gasteiger partial charge in [-0.05, 0) is 78.9 Å². The molecule has 0 bridgehead atoms. The maximum atomic E-state index is 12.3. The Bertz CT molecular complexity index is 1660. The third kappa shape index (κ3) is 13.3. The summed E-state index contributed by atoms with van der Waals surface area (Å²) in [5.41, 5.74) is 22.2. The summed E-state index contributed by atoms with van der Waals surface area (Å²) >= 11 is 24.7. The Morgan fingerprint density at radius 2 is 1.15 bits per heavy atom. The number of nitrogens with two attached hydrogens (primary N) is 4. The molecule has 0 atom stereocenters. The number of ether oxygens (including phenoxy) is 2. The van der Waals surface area contributed by atoms with Crippen LogP contribution < -0.4 is 32.4 Å². The summed E-state index contributed by atoms with van der Waals surface area (Å²) in [7, 11) is 2.70. The maximum Gasteiger partial charge on any atom is 0.420 e. The molecule has 0 heterocycles. The van der Waals surface area contributed by atoms with Crippen LogP contribution in [0.4, 0.5) is 49.1 Å². The van der Waals surface area contributed by atoms with Crippen LogP contribution in [0.3, 0.4) is 0 Å². The van der Waals surface area contributed by atoms with Gasteiger partial charge in [0.05, 0.1) is 45.4 Å². The monoisotopic (exact) mass is 778 g/mol. The van der Waals surface area contributed by atoms with Gasteiger partial charge in [0.15, 0.2) is 5.75 Å². The van der Waals surface area contributed by atoms with Gasteiger partial charge >= 0.3 is 12.4 Å². The number of methoxy groups -OCH3 is 2. The molecule has 0 aliphatic carbocycles. The minimum absolute atomic E-state index is 0.0631. The number of thioether (sulfide) groups is 1. The quantitative estimate of drug-likeness (QED) is 0.0924. The van der Waals surface area contributed by atoms with Gasteiger partial charge in [0, 0.05) is 27.6 Å². The highest BCUT2D eigenvalue weighted by atomic mass is 35.5. The third-order valence-electron chi connectivity index (χ3n) is 5.75. The molecule has 0 radical (unpaired) electrons. The number of alkyl halides is 6. The highest BCUT2D eigenvalue weighted by molar-refractivity contribution is 7.99. The van der Waals surface area contributed by atoms with Gasteiger partial charge in [0.25, 0.3) is 0 Å². The van der Waals surface area contributed by atoms with E-state index in [1.807, 2.05) is 19.1 Å². The number of hydrogen-bond donors (Lipinski definition) is 4. The fraction of sp³-hybridized carbons (Fsp3) is 0.226. The number of halogens is 10. The first-order chi connectivity index (χ1) is 22.2. The Kier molecular flexibility index (Phi) is 17.0. The second kappa shape index (κ2) is 19.1. The Balaban J connectivity index is 0.000000320. The maximum absolute atomic E-state index is 12.3. The van der Waals surface area contributed by atoms with E-state index in [2.05, 4.69) is 11.7 Å². The van der Waals surface area contributed by atoms with Gasteiger partial charge in [-0.1, -0.05) is 53.3 Å². The van der Waals surface area contributed by atoms with Crippen LogP contribution >= 0.6 is 58.2 Å². The molecule has 4 rings (SSSR count). The molecule has 0 fully saturated rings. The summed E-state index contributed by atoms with van der Waals surface area (Å²) in [5, 5.41) is 1.28. The zero-order valence-electron chi connectivity index (χ0n) is 25.8. The molecule has 6 nitrogen and oxygen atoms in total. The topological polar surface area (TPSA) is 123 Å².